The molecule has 0 aromatic heterocycles. The van der Waals surface area contributed by atoms with E-state index in [1.54, 1.807) is 0 Å². The van der Waals surface area contributed by atoms with Gasteiger partial charge in [-0.15, -0.1) is 0 Å². The molecular formula is C27H44O5. The van der Waals surface area contributed by atoms with Gasteiger partial charge in [-0.05, 0) is 111 Å². The number of fused-ring (bicyclic) bond motifs is 5. The van der Waals surface area contributed by atoms with Crippen LogP contribution >= 0.6 is 0 Å². The molecule has 0 aromatic rings. The second-order valence-electron chi connectivity index (χ2n) is 12.2. The molecule has 32 heavy (non-hydrogen) atoms. The zero-order valence-corrected chi connectivity index (χ0v) is 20.2. The Hall–Kier alpha value is -1.23. The van der Waals surface area contributed by atoms with Crippen LogP contribution in [0.5, 0.6) is 0 Å². The SMILES string of the molecule is C[C@H](CC[C@@H](O)C(C(=O)O)=C(O)O)[C@H]1CC[C@H]2[C@@H]3CCC4CCCC[C@]4(C)[C@H]3CC[C@]12C. The summed E-state index contributed by atoms with van der Waals surface area (Å²) in [5, 5.41) is 37.9. The fourth-order valence-corrected chi connectivity index (χ4v) is 9.42. The van der Waals surface area contributed by atoms with Gasteiger partial charge in [0.1, 0.15) is 5.57 Å². The lowest BCUT2D eigenvalue weighted by molar-refractivity contribution is -0.134. The minimum absolute atomic E-state index is 0.246. The first-order valence-electron chi connectivity index (χ1n) is 13.1. The van der Waals surface area contributed by atoms with Crippen LogP contribution in [0.2, 0.25) is 0 Å². The van der Waals surface area contributed by atoms with E-state index in [0.717, 1.165) is 23.7 Å². The van der Waals surface area contributed by atoms with E-state index in [-0.39, 0.29) is 6.42 Å². The third kappa shape index (κ3) is 3.86. The monoisotopic (exact) mass is 448 g/mol. The first kappa shape index (κ1) is 23.9. The topological polar surface area (TPSA) is 98.0 Å². The number of hydrogen-bond donors (Lipinski definition) is 4. The molecule has 4 aliphatic rings. The number of aliphatic hydroxyl groups excluding tert-OH is 2. The smallest absolute Gasteiger partial charge is 0.341 e. The van der Waals surface area contributed by atoms with Gasteiger partial charge in [-0.3, -0.25) is 0 Å². The Kier molecular flexibility index (Phi) is 6.61. The van der Waals surface area contributed by atoms with Crippen molar-refractivity contribution in [3.63, 3.8) is 0 Å². The van der Waals surface area contributed by atoms with E-state index >= 15 is 0 Å². The molecule has 4 fully saturated rings. The molecule has 0 heterocycles. The van der Waals surface area contributed by atoms with Gasteiger partial charge in [0, 0.05) is 0 Å². The lowest BCUT2D eigenvalue weighted by Crippen LogP contribution is -2.53. The van der Waals surface area contributed by atoms with Crippen molar-refractivity contribution in [3.8, 4) is 0 Å². The summed E-state index contributed by atoms with van der Waals surface area (Å²) in [6.45, 7) is 7.40. The molecule has 0 aromatic carbocycles. The van der Waals surface area contributed by atoms with Crippen molar-refractivity contribution in [2.75, 3.05) is 0 Å². The molecule has 5 heteroatoms. The fourth-order valence-electron chi connectivity index (χ4n) is 9.42. The number of rotatable bonds is 6. The number of carbonyl (C=O) groups is 1. The molecule has 0 aliphatic heterocycles. The summed E-state index contributed by atoms with van der Waals surface area (Å²) < 4.78 is 0. The van der Waals surface area contributed by atoms with Crippen LogP contribution < -0.4 is 0 Å². The van der Waals surface area contributed by atoms with E-state index in [1.807, 2.05) is 0 Å². The molecule has 9 atom stereocenters. The average Bonchev–Trinajstić information content (AvgIpc) is 3.08. The highest BCUT2D eigenvalue weighted by atomic mass is 16.5. The highest BCUT2D eigenvalue weighted by Crippen LogP contribution is 2.68. The van der Waals surface area contributed by atoms with Gasteiger partial charge in [-0.25, -0.2) is 4.79 Å². The molecule has 0 radical (unpaired) electrons. The van der Waals surface area contributed by atoms with E-state index in [1.165, 1.54) is 64.2 Å². The van der Waals surface area contributed by atoms with Crippen LogP contribution in [-0.4, -0.2) is 32.5 Å². The van der Waals surface area contributed by atoms with Crippen LogP contribution in [0.25, 0.3) is 0 Å². The number of carboxylic acids is 1. The number of hydrogen-bond acceptors (Lipinski definition) is 4. The fraction of sp³-hybridized carbons (Fsp3) is 0.889. The van der Waals surface area contributed by atoms with Crippen molar-refractivity contribution in [2.45, 2.75) is 104 Å². The van der Waals surface area contributed by atoms with Crippen molar-refractivity contribution < 1.29 is 25.2 Å². The van der Waals surface area contributed by atoms with E-state index < -0.39 is 23.6 Å². The van der Waals surface area contributed by atoms with E-state index in [4.69, 9.17) is 5.11 Å². The highest BCUT2D eigenvalue weighted by Gasteiger charge is 2.60. The third-order valence-corrected chi connectivity index (χ3v) is 11.0. The van der Waals surface area contributed by atoms with Gasteiger partial charge in [0.2, 0.25) is 0 Å². The van der Waals surface area contributed by atoms with Crippen LogP contribution in [0.4, 0.5) is 0 Å². The molecule has 0 bridgehead atoms. The summed E-state index contributed by atoms with van der Waals surface area (Å²) in [6.07, 6.45) is 13.4. The van der Waals surface area contributed by atoms with Crippen molar-refractivity contribution in [3.05, 3.63) is 11.5 Å². The van der Waals surface area contributed by atoms with Crippen LogP contribution in [0, 0.1) is 46.3 Å². The second kappa shape index (κ2) is 8.85. The Morgan fingerprint density at radius 1 is 0.875 bits per heavy atom. The number of aliphatic hydroxyl groups is 3. The van der Waals surface area contributed by atoms with Crippen molar-refractivity contribution in [1.29, 1.82) is 0 Å². The van der Waals surface area contributed by atoms with Crippen LogP contribution in [0.15, 0.2) is 11.5 Å². The van der Waals surface area contributed by atoms with Gasteiger partial charge in [-0.2, -0.15) is 0 Å². The molecule has 1 unspecified atom stereocenters. The molecule has 0 saturated heterocycles. The molecular weight excluding hydrogens is 404 g/mol. The molecule has 0 amide bonds. The Balaban J connectivity index is 1.43. The van der Waals surface area contributed by atoms with Crippen molar-refractivity contribution >= 4 is 5.97 Å². The molecule has 4 N–H and O–H groups in total. The van der Waals surface area contributed by atoms with Gasteiger partial charge in [0.25, 0.3) is 5.95 Å². The normalized spacial score (nSPS) is 42.8. The first-order chi connectivity index (χ1) is 15.1. The summed E-state index contributed by atoms with van der Waals surface area (Å²) in [5.41, 5.74) is 0.210. The number of carboxylic acid groups (broad SMARTS) is 1. The zero-order chi connectivity index (χ0) is 23.3. The van der Waals surface area contributed by atoms with Crippen molar-refractivity contribution in [2.24, 2.45) is 46.3 Å². The maximum atomic E-state index is 11.2. The summed E-state index contributed by atoms with van der Waals surface area (Å²) in [5.74, 6) is 1.73. The van der Waals surface area contributed by atoms with Gasteiger partial charge in [-0.1, -0.05) is 33.6 Å². The minimum atomic E-state index is -1.47. The molecule has 182 valence electrons. The molecule has 5 nitrogen and oxygen atoms in total. The highest BCUT2D eigenvalue weighted by molar-refractivity contribution is 5.87. The Morgan fingerprint density at radius 2 is 1.59 bits per heavy atom. The molecule has 4 rings (SSSR count). The molecule has 4 saturated carbocycles. The third-order valence-electron chi connectivity index (χ3n) is 11.0. The maximum absolute atomic E-state index is 11.2. The lowest BCUT2D eigenvalue weighted by Gasteiger charge is -2.61. The molecule has 0 spiro atoms. The predicted molar refractivity (Wildman–Crippen MR) is 124 cm³/mol. The summed E-state index contributed by atoms with van der Waals surface area (Å²) >= 11 is 0. The van der Waals surface area contributed by atoms with E-state index in [9.17, 15) is 20.1 Å². The largest absolute Gasteiger partial charge is 0.481 e. The Morgan fingerprint density at radius 3 is 2.28 bits per heavy atom. The second-order valence-corrected chi connectivity index (χ2v) is 12.2. The Bertz CT molecular complexity index is 742. The van der Waals surface area contributed by atoms with Crippen molar-refractivity contribution in [1.82, 2.24) is 0 Å². The molecule has 4 aliphatic carbocycles. The minimum Gasteiger partial charge on any atom is -0.481 e. The van der Waals surface area contributed by atoms with Crippen LogP contribution in [0.1, 0.15) is 97.8 Å². The van der Waals surface area contributed by atoms with Crippen LogP contribution in [0.3, 0.4) is 0 Å². The summed E-state index contributed by atoms with van der Waals surface area (Å²) in [7, 11) is 0. The average molecular weight is 449 g/mol. The summed E-state index contributed by atoms with van der Waals surface area (Å²) in [4.78, 5) is 11.2. The zero-order valence-electron chi connectivity index (χ0n) is 20.2. The van der Waals surface area contributed by atoms with Gasteiger partial charge in [0.05, 0.1) is 6.10 Å². The number of aliphatic carboxylic acids is 1. The maximum Gasteiger partial charge on any atom is 0.341 e. The summed E-state index contributed by atoms with van der Waals surface area (Å²) in [6, 6.07) is 0. The quantitative estimate of drug-likeness (QED) is 0.285. The predicted octanol–water partition coefficient (Wildman–Crippen LogP) is 6.22. The van der Waals surface area contributed by atoms with Gasteiger partial charge in [0.15, 0.2) is 0 Å². The Labute approximate surface area is 193 Å². The van der Waals surface area contributed by atoms with E-state index in [0.29, 0.717) is 29.1 Å². The lowest BCUT2D eigenvalue weighted by atomic mass is 9.44. The van der Waals surface area contributed by atoms with E-state index in [2.05, 4.69) is 20.8 Å². The van der Waals surface area contributed by atoms with Gasteiger partial charge >= 0.3 is 5.97 Å². The van der Waals surface area contributed by atoms with Crippen LogP contribution in [-0.2, 0) is 4.79 Å². The standard InChI is InChI=1S/C27H44O5/c1-16(7-12-22(28)23(24(29)30)25(31)32)19-10-11-20-18-9-8-17-6-4-5-14-26(17,2)21(18)13-15-27(19,20)3/h16-22,28-30H,4-15H2,1-3H3,(H,31,32)/t16-,17?,18+,19-,20+,21+,22-,26+,27-/m1/s1. The first-order valence-corrected chi connectivity index (χ1v) is 13.1. The van der Waals surface area contributed by atoms with Gasteiger partial charge < -0.3 is 20.4 Å².